The van der Waals surface area contributed by atoms with Crippen LogP contribution in [-0.4, -0.2) is 16.8 Å². The summed E-state index contributed by atoms with van der Waals surface area (Å²) in [5.41, 5.74) is 0. The van der Waals surface area contributed by atoms with Crippen LogP contribution in [-0.2, 0) is 0 Å². The number of halogens is 1. The van der Waals surface area contributed by atoms with E-state index in [1.807, 2.05) is 0 Å². The number of rotatable bonds is 7. The summed E-state index contributed by atoms with van der Waals surface area (Å²) in [5, 5.41) is 8.41. The van der Waals surface area contributed by atoms with Gasteiger partial charge in [0.05, 0.1) is 6.61 Å². The first-order chi connectivity index (χ1) is 7.26. The van der Waals surface area contributed by atoms with Gasteiger partial charge in [0, 0.05) is 0 Å². The van der Waals surface area contributed by atoms with Gasteiger partial charge in [-0.25, -0.2) is 0 Å². The second-order valence-corrected chi connectivity index (χ2v) is 5.76. The summed E-state index contributed by atoms with van der Waals surface area (Å²) < 4.78 is 6.37. The van der Waals surface area contributed by atoms with Gasteiger partial charge < -0.3 is 4.74 Å². The maximum absolute atomic E-state index is 5.59. The van der Waals surface area contributed by atoms with Gasteiger partial charge >= 0.3 is 0 Å². The summed E-state index contributed by atoms with van der Waals surface area (Å²) >= 11 is 4.70. The van der Waals surface area contributed by atoms with Gasteiger partial charge in [-0.1, -0.05) is 38.2 Å². The second-order valence-electron chi connectivity index (χ2n) is 3.55. The molecule has 0 aliphatic heterocycles. The first-order valence-electron chi connectivity index (χ1n) is 5.38. The minimum atomic E-state index is 0.646. The number of nitrogens with zero attached hydrogens (tertiary/aromatic N) is 2. The van der Waals surface area contributed by atoms with Crippen LogP contribution in [0.2, 0.25) is 0 Å². The Morgan fingerprint density at radius 3 is 2.73 bits per heavy atom. The molecule has 0 fully saturated rings. The molecule has 0 aromatic carbocycles. The van der Waals surface area contributed by atoms with Gasteiger partial charge in [0.25, 0.3) is 5.19 Å². The molecular formula is C10H17BrN2OS. The molecule has 0 saturated heterocycles. The van der Waals surface area contributed by atoms with Crippen LogP contribution >= 0.6 is 27.3 Å². The summed E-state index contributed by atoms with van der Waals surface area (Å²) in [4.78, 5) is 0. The third-order valence-corrected chi connectivity index (χ3v) is 3.64. The van der Waals surface area contributed by atoms with E-state index in [4.69, 9.17) is 4.74 Å². The van der Waals surface area contributed by atoms with Gasteiger partial charge in [0.2, 0.25) is 0 Å². The smallest absolute Gasteiger partial charge is 0.294 e. The molecule has 0 aliphatic carbocycles. The van der Waals surface area contributed by atoms with Crippen molar-refractivity contribution in [2.24, 2.45) is 5.92 Å². The molecule has 0 radical (unpaired) electrons. The van der Waals surface area contributed by atoms with Crippen LogP contribution in [0.4, 0.5) is 0 Å². The Hall–Kier alpha value is -0.160. The fourth-order valence-corrected chi connectivity index (χ4v) is 2.27. The molecule has 86 valence electrons. The molecule has 0 amide bonds. The number of hydrogen-bond acceptors (Lipinski definition) is 4. The molecule has 1 atom stereocenters. The van der Waals surface area contributed by atoms with E-state index in [9.17, 15) is 0 Å². The number of ether oxygens (including phenoxy) is 1. The monoisotopic (exact) mass is 292 g/mol. The molecule has 5 heteroatoms. The van der Waals surface area contributed by atoms with E-state index in [1.165, 1.54) is 37.0 Å². The van der Waals surface area contributed by atoms with E-state index < -0.39 is 0 Å². The predicted molar refractivity (Wildman–Crippen MR) is 66.4 cm³/mol. The summed E-state index contributed by atoms with van der Waals surface area (Å²) in [5.74, 6) is 0.646. The number of hydrogen-bond donors (Lipinski definition) is 0. The highest BCUT2D eigenvalue weighted by Crippen LogP contribution is 2.23. The SMILES string of the molecule is CCCCC(CC)COc1nnc(Br)s1. The third kappa shape index (κ3) is 4.93. The fourth-order valence-electron chi connectivity index (χ4n) is 1.34. The molecule has 1 aromatic rings. The van der Waals surface area contributed by atoms with Crippen molar-refractivity contribution in [2.75, 3.05) is 6.61 Å². The van der Waals surface area contributed by atoms with Crippen LogP contribution in [0.1, 0.15) is 39.5 Å². The van der Waals surface area contributed by atoms with Crippen LogP contribution < -0.4 is 4.74 Å². The Morgan fingerprint density at radius 2 is 2.20 bits per heavy atom. The standard InChI is InChI=1S/C10H17BrN2OS/c1-3-5-6-8(4-2)7-14-10-13-12-9(11)15-10/h8H,3-7H2,1-2H3. The van der Waals surface area contributed by atoms with Crippen molar-refractivity contribution in [1.82, 2.24) is 10.2 Å². The Morgan fingerprint density at radius 1 is 1.40 bits per heavy atom. The van der Waals surface area contributed by atoms with Crippen LogP contribution in [0.25, 0.3) is 0 Å². The van der Waals surface area contributed by atoms with Crippen molar-refractivity contribution >= 4 is 27.3 Å². The van der Waals surface area contributed by atoms with Gasteiger partial charge in [-0.3, -0.25) is 0 Å². The molecular weight excluding hydrogens is 276 g/mol. The van der Waals surface area contributed by atoms with Crippen molar-refractivity contribution in [3.8, 4) is 5.19 Å². The van der Waals surface area contributed by atoms with Gasteiger partial charge in [0.15, 0.2) is 3.92 Å². The lowest BCUT2D eigenvalue weighted by Gasteiger charge is -2.13. The maximum atomic E-state index is 5.59. The molecule has 0 saturated carbocycles. The van der Waals surface area contributed by atoms with Gasteiger partial charge in [0.1, 0.15) is 0 Å². The van der Waals surface area contributed by atoms with Crippen molar-refractivity contribution in [2.45, 2.75) is 39.5 Å². The Bertz CT molecular complexity index is 280. The Kier molecular flexibility index (Phi) is 6.17. The molecule has 1 rings (SSSR count). The maximum Gasteiger partial charge on any atom is 0.294 e. The van der Waals surface area contributed by atoms with Crippen molar-refractivity contribution in [1.29, 1.82) is 0 Å². The molecule has 0 N–H and O–H groups in total. The van der Waals surface area contributed by atoms with E-state index in [-0.39, 0.29) is 0 Å². The molecule has 3 nitrogen and oxygen atoms in total. The van der Waals surface area contributed by atoms with Crippen LogP contribution in [0.3, 0.4) is 0 Å². The molecule has 0 bridgehead atoms. The van der Waals surface area contributed by atoms with Gasteiger partial charge in [-0.2, -0.15) is 0 Å². The summed E-state index contributed by atoms with van der Waals surface area (Å²) in [6.07, 6.45) is 4.94. The highest BCUT2D eigenvalue weighted by Gasteiger charge is 2.09. The normalized spacial score (nSPS) is 12.7. The van der Waals surface area contributed by atoms with E-state index >= 15 is 0 Å². The van der Waals surface area contributed by atoms with Gasteiger partial charge in [-0.05, 0) is 39.6 Å². The summed E-state index contributed by atoms with van der Waals surface area (Å²) in [6, 6.07) is 0. The average molecular weight is 293 g/mol. The third-order valence-electron chi connectivity index (χ3n) is 2.37. The number of aromatic nitrogens is 2. The van der Waals surface area contributed by atoms with Crippen LogP contribution in [0.15, 0.2) is 3.92 Å². The second kappa shape index (κ2) is 7.17. The average Bonchev–Trinajstić information content (AvgIpc) is 2.65. The fraction of sp³-hybridized carbons (Fsp3) is 0.800. The van der Waals surface area contributed by atoms with Crippen molar-refractivity contribution < 1.29 is 4.74 Å². The highest BCUT2D eigenvalue weighted by molar-refractivity contribution is 9.11. The van der Waals surface area contributed by atoms with E-state index in [1.54, 1.807) is 0 Å². The lowest BCUT2D eigenvalue weighted by molar-refractivity contribution is 0.231. The van der Waals surface area contributed by atoms with Crippen molar-refractivity contribution in [3.63, 3.8) is 0 Å². The quantitative estimate of drug-likeness (QED) is 0.765. The minimum absolute atomic E-state index is 0.646. The number of unbranched alkanes of at least 4 members (excludes halogenated alkanes) is 1. The Labute approximate surface area is 103 Å². The van der Waals surface area contributed by atoms with Gasteiger partial charge in [-0.15, -0.1) is 5.10 Å². The van der Waals surface area contributed by atoms with Crippen LogP contribution in [0.5, 0.6) is 5.19 Å². The summed E-state index contributed by atoms with van der Waals surface area (Å²) in [7, 11) is 0. The largest absolute Gasteiger partial charge is 0.469 e. The molecule has 0 spiro atoms. The zero-order valence-corrected chi connectivity index (χ0v) is 11.6. The molecule has 1 aromatic heterocycles. The molecule has 1 heterocycles. The lowest BCUT2D eigenvalue weighted by Crippen LogP contribution is -2.11. The summed E-state index contributed by atoms with van der Waals surface area (Å²) in [6.45, 7) is 5.19. The minimum Gasteiger partial charge on any atom is -0.469 e. The highest BCUT2D eigenvalue weighted by atomic mass is 79.9. The molecule has 0 aliphatic rings. The van der Waals surface area contributed by atoms with E-state index in [0.717, 1.165) is 10.5 Å². The van der Waals surface area contributed by atoms with E-state index in [2.05, 4.69) is 40.0 Å². The first kappa shape index (κ1) is 12.9. The predicted octanol–water partition coefficient (Wildman–Crippen LogP) is 3.90. The molecule has 1 unspecified atom stereocenters. The van der Waals surface area contributed by atoms with E-state index in [0.29, 0.717) is 11.1 Å². The zero-order chi connectivity index (χ0) is 11.1. The zero-order valence-electron chi connectivity index (χ0n) is 9.20. The first-order valence-corrected chi connectivity index (χ1v) is 6.99. The Balaban J connectivity index is 2.27. The molecule has 15 heavy (non-hydrogen) atoms. The van der Waals surface area contributed by atoms with Crippen molar-refractivity contribution in [3.05, 3.63) is 3.92 Å². The topological polar surface area (TPSA) is 35.0 Å². The lowest BCUT2D eigenvalue weighted by atomic mass is 10.0. The van der Waals surface area contributed by atoms with Crippen LogP contribution in [0, 0.1) is 5.92 Å².